The van der Waals surface area contributed by atoms with Gasteiger partial charge in [-0.15, -0.1) is 0 Å². The monoisotopic (exact) mass is 295 g/mol. The van der Waals surface area contributed by atoms with Crippen molar-refractivity contribution in [2.45, 2.75) is 13.0 Å². The van der Waals surface area contributed by atoms with Crippen molar-refractivity contribution < 1.29 is 9.53 Å². The van der Waals surface area contributed by atoms with Crippen LogP contribution in [-0.4, -0.2) is 17.5 Å². The van der Waals surface area contributed by atoms with Crippen LogP contribution < -0.4 is 10.6 Å². The zero-order valence-electron chi connectivity index (χ0n) is 12.1. The summed E-state index contributed by atoms with van der Waals surface area (Å²) in [6.45, 7) is 0.681. The molecule has 0 aromatic heterocycles. The number of ether oxygens (including phenoxy) is 1. The Labute approximate surface area is 129 Å². The molecule has 0 unspecified atom stereocenters. The third-order valence-corrected chi connectivity index (χ3v) is 3.07. The Morgan fingerprint density at radius 1 is 1.14 bits per heavy atom. The van der Waals surface area contributed by atoms with Crippen LogP contribution in [0, 0.1) is 11.3 Å². The van der Waals surface area contributed by atoms with Crippen LogP contribution in [0.25, 0.3) is 0 Å². The molecular weight excluding hydrogens is 278 g/mol. The molecule has 112 valence electrons. The minimum atomic E-state index is -0.315. The number of amides is 1. The predicted molar refractivity (Wildman–Crippen MR) is 82.7 cm³/mol. The van der Waals surface area contributed by atoms with Crippen molar-refractivity contribution in [3.63, 3.8) is 0 Å². The third-order valence-electron chi connectivity index (χ3n) is 3.07. The Kier molecular flexibility index (Phi) is 5.52. The molecule has 0 heterocycles. The highest BCUT2D eigenvalue weighted by atomic mass is 16.5. The van der Waals surface area contributed by atoms with Gasteiger partial charge in [-0.1, -0.05) is 30.3 Å². The molecule has 0 fully saturated rings. The van der Waals surface area contributed by atoms with Gasteiger partial charge in [0.1, 0.15) is 12.4 Å². The number of hydrazine groups is 1. The predicted octanol–water partition coefficient (Wildman–Crippen LogP) is 2.50. The molecule has 0 saturated carbocycles. The van der Waals surface area contributed by atoms with Gasteiger partial charge >= 0.3 is 0 Å². The van der Waals surface area contributed by atoms with E-state index in [1.807, 2.05) is 36.4 Å². The minimum Gasteiger partial charge on any atom is -0.489 e. The lowest BCUT2D eigenvalue weighted by atomic mass is 10.2. The number of nitrogens with zero attached hydrogens (tertiary/aromatic N) is 2. The van der Waals surface area contributed by atoms with Crippen molar-refractivity contribution in [1.29, 1.82) is 5.26 Å². The molecular formula is C17H17N3O2. The number of nitrogens with two attached hydrogens (primary N) is 1. The van der Waals surface area contributed by atoms with Crippen LogP contribution in [-0.2, 0) is 6.61 Å². The Morgan fingerprint density at radius 3 is 2.45 bits per heavy atom. The lowest BCUT2D eigenvalue weighted by Gasteiger charge is -2.15. The molecule has 5 heteroatoms. The lowest BCUT2D eigenvalue weighted by Crippen LogP contribution is -2.38. The van der Waals surface area contributed by atoms with Gasteiger partial charge in [-0.2, -0.15) is 5.26 Å². The summed E-state index contributed by atoms with van der Waals surface area (Å²) in [5, 5.41) is 9.54. The van der Waals surface area contributed by atoms with E-state index in [0.29, 0.717) is 17.9 Å². The average Bonchev–Trinajstić information content (AvgIpc) is 2.58. The molecule has 22 heavy (non-hydrogen) atoms. The molecule has 0 spiro atoms. The zero-order valence-corrected chi connectivity index (χ0v) is 12.1. The molecule has 2 aromatic rings. The standard InChI is InChI=1S/C17H17N3O2/c18-11-4-12-20(19)17(21)15-7-9-16(10-8-15)22-13-14-5-2-1-3-6-14/h1-3,5-10H,4,12-13,19H2. The second-order valence-electron chi connectivity index (χ2n) is 4.71. The molecule has 0 atom stereocenters. The second kappa shape index (κ2) is 7.81. The molecule has 0 aliphatic rings. The van der Waals surface area contributed by atoms with E-state index in [4.69, 9.17) is 15.8 Å². The maximum atomic E-state index is 12.0. The topological polar surface area (TPSA) is 79.4 Å². The van der Waals surface area contributed by atoms with E-state index in [1.165, 1.54) is 0 Å². The van der Waals surface area contributed by atoms with Gasteiger partial charge in [-0.05, 0) is 29.8 Å². The van der Waals surface area contributed by atoms with Gasteiger partial charge in [-0.25, -0.2) is 5.84 Å². The Balaban J connectivity index is 1.92. The summed E-state index contributed by atoms with van der Waals surface area (Å²) in [5.74, 6) is 5.98. The number of nitriles is 1. The molecule has 0 aliphatic carbocycles. The summed E-state index contributed by atoms with van der Waals surface area (Å²) in [6, 6.07) is 18.6. The molecule has 0 aliphatic heterocycles. The van der Waals surface area contributed by atoms with Crippen molar-refractivity contribution in [2.24, 2.45) is 5.84 Å². The van der Waals surface area contributed by atoms with Crippen molar-refractivity contribution >= 4 is 5.91 Å². The van der Waals surface area contributed by atoms with E-state index < -0.39 is 0 Å². The highest BCUT2D eigenvalue weighted by molar-refractivity contribution is 5.93. The largest absolute Gasteiger partial charge is 0.489 e. The first-order chi connectivity index (χ1) is 10.7. The minimum absolute atomic E-state index is 0.209. The van der Waals surface area contributed by atoms with E-state index in [0.717, 1.165) is 10.6 Å². The van der Waals surface area contributed by atoms with Crippen LogP contribution in [0.3, 0.4) is 0 Å². The van der Waals surface area contributed by atoms with E-state index in [2.05, 4.69) is 0 Å². The molecule has 2 rings (SSSR count). The number of carbonyl (C=O) groups excluding carboxylic acids is 1. The van der Waals surface area contributed by atoms with Crippen LogP contribution in [0.4, 0.5) is 0 Å². The number of rotatable bonds is 6. The Morgan fingerprint density at radius 2 is 1.82 bits per heavy atom. The molecule has 0 radical (unpaired) electrons. The van der Waals surface area contributed by atoms with Crippen LogP contribution in [0.2, 0.25) is 0 Å². The quantitative estimate of drug-likeness (QED) is 0.504. The SMILES string of the molecule is N#CCCN(N)C(=O)c1ccc(OCc2ccccc2)cc1. The fourth-order valence-electron chi connectivity index (χ4n) is 1.87. The molecule has 1 amide bonds. The third kappa shape index (κ3) is 4.33. The van der Waals surface area contributed by atoms with Gasteiger partial charge in [0.25, 0.3) is 5.91 Å². The summed E-state index contributed by atoms with van der Waals surface area (Å²) >= 11 is 0. The number of benzene rings is 2. The summed E-state index contributed by atoms with van der Waals surface area (Å²) in [4.78, 5) is 12.0. The van der Waals surface area contributed by atoms with Gasteiger partial charge in [0.05, 0.1) is 19.0 Å². The molecule has 0 bridgehead atoms. The Hall–Kier alpha value is -2.84. The fraction of sp³-hybridized carbons (Fsp3) is 0.176. The zero-order chi connectivity index (χ0) is 15.8. The van der Waals surface area contributed by atoms with Crippen LogP contribution in [0.5, 0.6) is 5.75 Å². The first-order valence-corrected chi connectivity index (χ1v) is 6.91. The molecule has 5 nitrogen and oxygen atoms in total. The molecule has 2 N–H and O–H groups in total. The maximum Gasteiger partial charge on any atom is 0.267 e. The van der Waals surface area contributed by atoms with Crippen molar-refractivity contribution in [3.05, 3.63) is 65.7 Å². The van der Waals surface area contributed by atoms with Gasteiger partial charge < -0.3 is 4.74 Å². The Bertz CT molecular complexity index is 648. The molecule has 2 aromatic carbocycles. The maximum absolute atomic E-state index is 12.0. The van der Waals surface area contributed by atoms with E-state index in [9.17, 15) is 4.79 Å². The van der Waals surface area contributed by atoms with E-state index >= 15 is 0 Å². The van der Waals surface area contributed by atoms with Crippen molar-refractivity contribution in [3.8, 4) is 11.8 Å². The second-order valence-corrected chi connectivity index (χ2v) is 4.71. The van der Waals surface area contributed by atoms with Gasteiger partial charge in [0, 0.05) is 5.56 Å². The van der Waals surface area contributed by atoms with Gasteiger partial charge in [-0.3, -0.25) is 9.80 Å². The molecule has 0 saturated heterocycles. The van der Waals surface area contributed by atoms with Crippen molar-refractivity contribution in [1.82, 2.24) is 5.01 Å². The van der Waals surface area contributed by atoms with Crippen LogP contribution in [0.1, 0.15) is 22.3 Å². The summed E-state index contributed by atoms with van der Waals surface area (Å²) in [7, 11) is 0. The van der Waals surface area contributed by atoms with Crippen LogP contribution in [0.15, 0.2) is 54.6 Å². The summed E-state index contributed by atoms with van der Waals surface area (Å²) in [5.41, 5.74) is 1.54. The van der Waals surface area contributed by atoms with E-state index in [-0.39, 0.29) is 18.9 Å². The number of carbonyl (C=O) groups is 1. The first kappa shape index (κ1) is 15.5. The van der Waals surface area contributed by atoms with Gasteiger partial charge in [0.15, 0.2) is 0 Å². The number of hydrogen-bond acceptors (Lipinski definition) is 4. The highest BCUT2D eigenvalue weighted by Crippen LogP contribution is 2.15. The lowest BCUT2D eigenvalue weighted by molar-refractivity contribution is 0.0759. The van der Waals surface area contributed by atoms with Crippen LogP contribution >= 0.6 is 0 Å². The number of hydrogen-bond donors (Lipinski definition) is 1. The fourth-order valence-corrected chi connectivity index (χ4v) is 1.87. The smallest absolute Gasteiger partial charge is 0.267 e. The van der Waals surface area contributed by atoms with Crippen molar-refractivity contribution in [2.75, 3.05) is 6.54 Å². The summed E-state index contributed by atoms with van der Waals surface area (Å²) in [6.07, 6.45) is 0.209. The normalized spacial score (nSPS) is 9.82. The highest BCUT2D eigenvalue weighted by Gasteiger charge is 2.11. The van der Waals surface area contributed by atoms with Gasteiger partial charge in [0.2, 0.25) is 0 Å². The first-order valence-electron chi connectivity index (χ1n) is 6.91. The summed E-state index contributed by atoms with van der Waals surface area (Å²) < 4.78 is 5.65. The van der Waals surface area contributed by atoms with E-state index in [1.54, 1.807) is 24.3 Å². The average molecular weight is 295 g/mol.